The summed E-state index contributed by atoms with van der Waals surface area (Å²) in [5.74, 6) is 0.547. The van der Waals surface area contributed by atoms with Gasteiger partial charge in [0.15, 0.2) is 0 Å². The van der Waals surface area contributed by atoms with Gasteiger partial charge in [-0.1, -0.05) is 24.6 Å². The Balaban J connectivity index is 1.26. The van der Waals surface area contributed by atoms with E-state index < -0.39 is 0 Å². The number of aromatic nitrogens is 5. The summed E-state index contributed by atoms with van der Waals surface area (Å²) in [6.07, 6.45) is 11.6. The molecule has 38 heavy (non-hydrogen) atoms. The molecule has 0 bridgehead atoms. The molecule has 6 nitrogen and oxygen atoms in total. The molecule has 6 aromatic rings. The van der Waals surface area contributed by atoms with Crippen LogP contribution in [0.2, 0.25) is 0 Å². The van der Waals surface area contributed by atoms with Crippen molar-refractivity contribution in [1.82, 2.24) is 25.1 Å². The van der Waals surface area contributed by atoms with Gasteiger partial charge in [-0.15, -0.1) is 0 Å². The second-order valence-corrected chi connectivity index (χ2v) is 9.93. The lowest BCUT2D eigenvalue weighted by Gasteiger charge is -2.23. The van der Waals surface area contributed by atoms with Crippen molar-refractivity contribution >= 4 is 21.9 Å². The zero-order valence-electron chi connectivity index (χ0n) is 20.7. The SMILES string of the molecule is Fc1cccc(-c2ccnc3[nH]c(-c4n[nH]c5ccc(-c6cncc(OC7CCCCC7)c6)cc45)cc23)c1. The zero-order valence-corrected chi connectivity index (χ0v) is 20.7. The number of hydrogen-bond donors (Lipinski definition) is 2. The van der Waals surface area contributed by atoms with Gasteiger partial charge in [0.25, 0.3) is 0 Å². The monoisotopic (exact) mass is 503 g/mol. The average molecular weight is 504 g/mol. The van der Waals surface area contributed by atoms with Gasteiger partial charge >= 0.3 is 0 Å². The standard InChI is InChI=1S/C31H26FN5O/c32-22-6-4-5-20(13-22)25-11-12-34-31-26(25)16-29(35-31)30-27-15-19(9-10-28(27)36-37-30)21-14-24(18-33-17-21)38-23-7-2-1-3-8-23/h4-6,9-18,23H,1-3,7-8H2,(H,34,35)(H,36,37). The van der Waals surface area contributed by atoms with Gasteiger partial charge in [-0.25, -0.2) is 9.37 Å². The number of halogens is 1. The normalized spacial score (nSPS) is 14.3. The Kier molecular flexibility index (Phi) is 5.61. The Hall–Kier alpha value is -4.52. The third-order valence-corrected chi connectivity index (χ3v) is 7.39. The van der Waals surface area contributed by atoms with Crippen molar-refractivity contribution in [3.8, 4) is 39.4 Å². The van der Waals surface area contributed by atoms with Crippen molar-refractivity contribution in [3.05, 3.63) is 85.1 Å². The van der Waals surface area contributed by atoms with Crippen molar-refractivity contribution in [3.63, 3.8) is 0 Å². The molecule has 0 radical (unpaired) electrons. The number of aromatic amines is 2. The van der Waals surface area contributed by atoms with Crippen LogP contribution < -0.4 is 4.74 Å². The fourth-order valence-corrected chi connectivity index (χ4v) is 5.48. The van der Waals surface area contributed by atoms with E-state index in [1.54, 1.807) is 18.5 Å². The minimum Gasteiger partial charge on any atom is -0.489 e. The van der Waals surface area contributed by atoms with Crippen molar-refractivity contribution in [2.24, 2.45) is 0 Å². The van der Waals surface area contributed by atoms with Crippen LogP contribution in [0, 0.1) is 5.82 Å². The molecular weight excluding hydrogens is 477 g/mol. The van der Waals surface area contributed by atoms with E-state index in [0.29, 0.717) is 0 Å². The molecule has 188 valence electrons. The van der Waals surface area contributed by atoms with E-state index in [9.17, 15) is 4.39 Å². The minimum atomic E-state index is -0.267. The van der Waals surface area contributed by atoms with Crippen molar-refractivity contribution < 1.29 is 9.13 Å². The number of nitrogens with zero attached hydrogens (tertiary/aromatic N) is 3. The molecule has 4 aromatic heterocycles. The summed E-state index contributed by atoms with van der Waals surface area (Å²) in [5.41, 5.74) is 7.06. The highest BCUT2D eigenvalue weighted by atomic mass is 19.1. The number of H-pyrrole nitrogens is 2. The summed E-state index contributed by atoms with van der Waals surface area (Å²) in [4.78, 5) is 12.4. The third-order valence-electron chi connectivity index (χ3n) is 7.39. The molecule has 1 aliphatic carbocycles. The first kappa shape index (κ1) is 22.7. The number of rotatable bonds is 5. The first-order chi connectivity index (χ1) is 18.7. The smallest absolute Gasteiger partial charge is 0.138 e. The molecular formula is C31H26FN5O. The summed E-state index contributed by atoms with van der Waals surface area (Å²) >= 11 is 0. The maximum absolute atomic E-state index is 13.9. The van der Waals surface area contributed by atoms with Crippen LogP contribution in [-0.4, -0.2) is 31.3 Å². The summed E-state index contributed by atoms with van der Waals surface area (Å²) in [6, 6.07) is 18.9. The van der Waals surface area contributed by atoms with Gasteiger partial charge in [-0.2, -0.15) is 5.10 Å². The van der Waals surface area contributed by atoms with Gasteiger partial charge in [0, 0.05) is 28.7 Å². The van der Waals surface area contributed by atoms with E-state index >= 15 is 0 Å². The quantitative estimate of drug-likeness (QED) is 0.253. The highest BCUT2D eigenvalue weighted by Crippen LogP contribution is 2.35. The zero-order chi connectivity index (χ0) is 25.5. The van der Waals surface area contributed by atoms with E-state index in [4.69, 9.17) is 4.74 Å². The summed E-state index contributed by atoms with van der Waals surface area (Å²) < 4.78 is 20.2. The second kappa shape index (κ2) is 9.41. The second-order valence-electron chi connectivity index (χ2n) is 9.93. The molecule has 0 atom stereocenters. The lowest BCUT2D eigenvalue weighted by Crippen LogP contribution is -2.19. The number of benzene rings is 2. The molecule has 1 saturated carbocycles. The molecule has 2 N–H and O–H groups in total. The molecule has 4 heterocycles. The molecule has 0 aliphatic heterocycles. The molecule has 0 unspecified atom stereocenters. The van der Waals surface area contributed by atoms with Gasteiger partial charge < -0.3 is 9.72 Å². The van der Waals surface area contributed by atoms with Crippen molar-refractivity contribution in [1.29, 1.82) is 0 Å². The Bertz CT molecular complexity index is 1770. The first-order valence-corrected chi connectivity index (χ1v) is 13.1. The Morgan fingerprint density at radius 3 is 2.66 bits per heavy atom. The summed E-state index contributed by atoms with van der Waals surface area (Å²) in [6.45, 7) is 0. The number of nitrogens with one attached hydrogen (secondary N) is 2. The van der Waals surface area contributed by atoms with Gasteiger partial charge in [0.05, 0.1) is 23.5 Å². The predicted octanol–water partition coefficient (Wildman–Crippen LogP) is 7.69. The lowest BCUT2D eigenvalue weighted by atomic mass is 9.98. The van der Waals surface area contributed by atoms with E-state index in [-0.39, 0.29) is 11.9 Å². The van der Waals surface area contributed by atoms with Crippen LogP contribution in [0.3, 0.4) is 0 Å². The summed E-state index contributed by atoms with van der Waals surface area (Å²) in [5, 5.41) is 9.67. The highest BCUT2D eigenvalue weighted by molar-refractivity contribution is 6.00. The molecule has 7 rings (SSSR count). The minimum absolute atomic E-state index is 0.267. The van der Waals surface area contributed by atoms with Crippen LogP contribution >= 0.6 is 0 Å². The number of ether oxygens (including phenoxy) is 1. The molecule has 0 spiro atoms. The molecule has 0 saturated heterocycles. The molecule has 1 aliphatic rings. The predicted molar refractivity (Wildman–Crippen MR) is 147 cm³/mol. The van der Waals surface area contributed by atoms with Crippen LogP contribution in [0.15, 0.2) is 79.3 Å². The summed E-state index contributed by atoms with van der Waals surface area (Å²) in [7, 11) is 0. The number of hydrogen-bond acceptors (Lipinski definition) is 4. The van der Waals surface area contributed by atoms with Gasteiger partial charge in [0.1, 0.15) is 22.9 Å². The van der Waals surface area contributed by atoms with Crippen LogP contribution in [-0.2, 0) is 0 Å². The molecule has 2 aromatic carbocycles. The first-order valence-electron chi connectivity index (χ1n) is 13.1. The fourth-order valence-electron chi connectivity index (χ4n) is 5.48. The molecule has 1 fully saturated rings. The van der Waals surface area contributed by atoms with Crippen LogP contribution in [0.25, 0.3) is 55.6 Å². The fraction of sp³-hybridized carbons (Fsp3) is 0.194. The lowest BCUT2D eigenvalue weighted by molar-refractivity contribution is 0.154. The number of pyridine rings is 2. The Labute approximate surface area is 218 Å². The third kappa shape index (κ3) is 4.20. The number of fused-ring (bicyclic) bond motifs is 2. The van der Waals surface area contributed by atoms with E-state index in [1.165, 1.54) is 31.4 Å². The Morgan fingerprint density at radius 1 is 0.842 bits per heavy atom. The maximum atomic E-state index is 13.9. The Morgan fingerprint density at radius 2 is 1.76 bits per heavy atom. The van der Waals surface area contributed by atoms with Crippen LogP contribution in [0.1, 0.15) is 32.1 Å². The van der Waals surface area contributed by atoms with Crippen molar-refractivity contribution in [2.45, 2.75) is 38.2 Å². The molecule has 7 heteroatoms. The van der Waals surface area contributed by atoms with Crippen LogP contribution in [0.4, 0.5) is 4.39 Å². The van der Waals surface area contributed by atoms with Crippen molar-refractivity contribution in [2.75, 3.05) is 0 Å². The van der Waals surface area contributed by atoms with E-state index in [2.05, 4.69) is 43.3 Å². The highest BCUT2D eigenvalue weighted by Gasteiger charge is 2.17. The van der Waals surface area contributed by atoms with Crippen LogP contribution in [0.5, 0.6) is 5.75 Å². The van der Waals surface area contributed by atoms with Gasteiger partial charge in [-0.3, -0.25) is 10.1 Å². The topological polar surface area (TPSA) is 79.5 Å². The van der Waals surface area contributed by atoms with E-state index in [1.807, 2.05) is 30.5 Å². The van der Waals surface area contributed by atoms with Gasteiger partial charge in [0.2, 0.25) is 0 Å². The average Bonchev–Trinajstić information content (AvgIpc) is 3.57. The van der Waals surface area contributed by atoms with Gasteiger partial charge in [-0.05, 0) is 84.8 Å². The maximum Gasteiger partial charge on any atom is 0.138 e. The largest absolute Gasteiger partial charge is 0.489 e. The van der Waals surface area contributed by atoms with E-state index in [0.717, 1.165) is 74.2 Å². The molecule has 0 amide bonds.